The predicted octanol–water partition coefficient (Wildman–Crippen LogP) is 3.27. The van der Waals surface area contributed by atoms with E-state index in [0.717, 1.165) is 12.0 Å². The molecule has 64 valence electrons. The van der Waals surface area contributed by atoms with Crippen LogP contribution in [-0.2, 0) is 0 Å². The minimum Gasteiger partial charge on any atom is -0.305 e. The van der Waals surface area contributed by atoms with Gasteiger partial charge in [-0.3, -0.25) is 0 Å². The summed E-state index contributed by atoms with van der Waals surface area (Å²) in [5.74, 6) is 0. The van der Waals surface area contributed by atoms with Crippen molar-refractivity contribution in [2.24, 2.45) is 0 Å². The number of hydrogen-bond acceptors (Lipinski definition) is 1. The van der Waals surface area contributed by atoms with Crippen LogP contribution in [0.25, 0.3) is 0 Å². The van der Waals surface area contributed by atoms with Gasteiger partial charge in [-0.15, -0.1) is 0 Å². The highest BCUT2D eigenvalue weighted by Gasteiger charge is 1.88. The maximum Gasteiger partial charge on any atom is 0.0317 e. The quantitative estimate of drug-likeness (QED) is 0.472. The van der Waals surface area contributed by atoms with E-state index in [2.05, 4.69) is 13.2 Å². The Labute approximate surface area is 74.3 Å². The number of nitrogens with one attached hydrogen (secondary N) is 1. The van der Waals surface area contributed by atoms with Gasteiger partial charge < -0.3 is 5.41 Å². The highest BCUT2D eigenvalue weighted by atomic mass is 14.4. The molecule has 0 aliphatic heterocycles. The zero-order valence-corrected chi connectivity index (χ0v) is 7.51. The van der Waals surface area contributed by atoms with Crippen molar-refractivity contribution >= 4 is 5.71 Å². The highest BCUT2D eigenvalue weighted by molar-refractivity contribution is 5.93. The van der Waals surface area contributed by atoms with Crippen molar-refractivity contribution in [3.8, 4) is 0 Å². The average Bonchev–Trinajstić information content (AvgIpc) is 2.11. The molecular weight excluding hydrogens is 146 g/mol. The van der Waals surface area contributed by atoms with E-state index in [1.807, 2.05) is 19.1 Å². The molecule has 0 rings (SSSR count). The lowest BCUT2D eigenvalue weighted by atomic mass is 10.1. The molecule has 0 unspecified atom stereocenters. The maximum atomic E-state index is 7.42. The Morgan fingerprint density at radius 1 is 1.42 bits per heavy atom. The van der Waals surface area contributed by atoms with Gasteiger partial charge in [0.1, 0.15) is 0 Å². The van der Waals surface area contributed by atoms with Gasteiger partial charge in [0, 0.05) is 5.71 Å². The minimum atomic E-state index is 0.610. The summed E-state index contributed by atoms with van der Waals surface area (Å²) in [6, 6.07) is 0. The largest absolute Gasteiger partial charge is 0.305 e. The lowest BCUT2D eigenvalue weighted by Gasteiger charge is -1.93. The van der Waals surface area contributed by atoms with Crippen molar-refractivity contribution in [2.75, 3.05) is 0 Å². The summed E-state index contributed by atoms with van der Waals surface area (Å²) in [4.78, 5) is 0. The Kier molecular flexibility index (Phi) is 5.62. The fraction of sp³-hybridized carbons (Fsp3) is 0.182. The van der Waals surface area contributed by atoms with Crippen molar-refractivity contribution in [2.45, 2.75) is 13.3 Å². The summed E-state index contributed by atoms with van der Waals surface area (Å²) in [7, 11) is 0. The summed E-state index contributed by atoms with van der Waals surface area (Å²) in [5.41, 5.74) is 1.56. The van der Waals surface area contributed by atoms with Crippen molar-refractivity contribution < 1.29 is 0 Å². The Morgan fingerprint density at radius 2 is 2.08 bits per heavy atom. The molecule has 0 fully saturated rings. The molecule has 0 spiro atoms. The van der Waals surface area contributed by atoms with Crippen LogP contribution in [0.5, 0.6) is 0 Å². The number of allylic oxidation sites excluding steroid dienone is 6. The normalized spacial score (nSPS) is 11.6. The Balaban J connectivity index is 4.42. The first-order valence-corrected chi connectivity index (χ1v) is 3.95. The third-order valence-electron chi connectivity index (χ3n) is 1.38. The smallest absolute Gasteiger partial charge is 0.0317 e. The molecule has 12 heavy (non-hydrogen) atoms. The van der Waals surface area contributed by atoms with Gasteiger partial charge in [0.15, 0.2) is 0 Å². The van der Waals surface area contributed by atoms with Crippen LogP contribution in [0.3, 0.4) is 0 Å². The molecule has 0 aromatic rings. The molecule has 0 amide bonds. The van der Waals surface area contributed by atoms with Crippen LogP contribution in [0, 0.1) is 5.41 Å². The number of rotatable bonds is 5. The summed E-state index contributed by atoms with van der Waals surface area (Å²) in [6.45, 7) is 9.17. The first-order valence-electron chi connectivity index (χ1n) is 3.95. The minimum absolute atomic E-state index is 0.610. The molecule has 1 N–H and O–H groups in total. The first kappa shape index (κ1) is 10.6. The van der Waals surface area contributed by atoms with E-state index in [4.69, 9.17) is 5.41 Å². The second-order valence-electron chi connectivity index (χ2n) is 2.32. The molecule has 0 aromatic carbocycles. The lowest BCUT2D eigenvalue weighted by molar-refractivity contribution is 1.25. The van der Waals surface area contributed by atoms with E-state index in [9.17, 15) is 0 Å². The van der Waals surface area contributed by atoms with Gasteiger partial charge in [-0.2, -0.15) is 0 Å². The van der Waals surface area contributed by atoms with Crippen LogP contribution < -0.4 is 0 Å². The fourth-order valence-electron chi connectivity index (χ4n) is 0.657. The predicted molar refractivity (Wildman–Crippen MR) is 55.6 cm³/mol. The Morgan fingerprint density at radius 3 is 2.50 bits per heavy atom. The molecular formula is C11H15N. The molecule has 0 saturated carbocycles. The fourth-order valence-corrected chi connectivity index (χ4v) is 0.657. The van der Waals surface area contributed by atoms with E-state index < -0.39 is 0 Å². The second kappa shape index (κ2) is 6.35. The molecule has 0 saturated heterocycles. The molecule has 1 heteroatoms. The monoisotopic (exact) mass is 161 g/mol. The van der Waals surface area contributed by atoms with Gasteiger partial charge in [-0.25, -0.2) is 0 Å². The number of hydrogen-bond donors (Lipinski definition) is 1. The lowest BCUT2D eigenvalue weighted by Crippen LogP contribution is -1.87. The van der Waals surface area contributed by atoms with E-state index in [1.165, 1.54) is 0 Å². The molecule has 0 aliphatic rings. The molecule has 0 atom stereocenters. The molecule has 0 bridgehead atoms. The molecule has 1 nitrogen and oxygen atoms in total. The van der Waals surface area contributed by atoms with E-state index >= 15 is 0 Å². The summed E-state index contributed by atoms with van der Waals surface area (Å²) >= 11 is 0. The molecule has 0 aliphatic carbocycles. The third-order valence-corrected chi connectivity index (χ3v) is 1.38. The molecule has 0 aromatic heterocycles. The van der Waals surface area contributed by atoms with Crippen LogP contribution in [0.1, 0.15) is 13.3 Å². The second-order valence-corrected chi connectivity index (χ2v) is 2.32. The van der Waals surface area contributed by atoms with Crippen LogP contribution in [-0.4, -0.2) is 5.71 Å². The molecule has 0 heterocycles. The van der Waals surface area contributed by atoms with Crippen molar-refractivity contribution in [3.05, 3.63) is 49.1 Å². The van der Waals surface area contributed by atoms with Gasteiger partial charge >= 0.3 is 0 Å². The van der Waals surface area contributed by atoms with Crippen LogP contribution in [0.4, 0.5) is 0 Å². The average molecular weight is 161 g/mol. The van der Waals surface area contributed by atoms with E-state index in [0.29, 0.717) is 5.71 Å². The van der Waals surface area contributed by atoms with Crippen molar-refractivity contribution in [1.82, 2.24) is 0 Å². The topological polar surface area (TPSA) is 23.9 Å². The van der Waals surface area contributed by atoms with Crippen LogP contribution in [0.2, 0.25) is 0 Å². The zero-order chi connectivity index (χ0) is 9.40. The maximum absolute atomic E-state index is 7.42. The van der Waals surface area contributed by atoms with Crippen LogP contribution in [0.15, 0.2) is 49.1 Å². The van der Waals surface area contributed by atoms with Gasteiger partial charge in [0.25, 0.3) is 0 Å². The SMILES string of the molecule is C=C/C=C\C(C=C)=C\C(=N)CC. The van der Waals surface area contributed by atoms with Gasteiger partial charge in [-0.1, -0.05) is 44.4 Å². The Hall–Kier alpha value is -1.37. The third kappa shape index (κ3) is 4.45. The highest BCUT2D eigenvalue weighted by Crippen LogP contribution is 2.00. The Bertz CT molecular complexity index is 231. The van der Waals surface area contributed by atoms with Crippen LogP contribution >= 0.6 is 0 Å². The van der Waals surface area contributed by atoms with Gasteiger partial charge in [0.05, 0.1) is 0 Å². The summed E-state index contributed by atoms with van der Waals surface area (Å²) < 4.78 is 0. The van der Waals surface area contributed by atoms with E-state index in [1.54, 1.807) is 18.2 Å². The first-order chi connectivity index (χ1) is 5.74. The van der Waals surface area contributed by atoms with Gasteiger partial charge in [-0.05, 0) is 18.1 Å². The standard InChI is InChI=1S/C11H15N/c1-4-7-8-10(5-2)9-11(12)6-3/h4-5,7-9,12H,1-2,6H2,3H3/b8-7-,10-9+,12-11?. The summed E-state index contributed by atoms with van der Waals surface area (Å²) in [5, 5.41) is 7.42. The molecule has 0 radical (unpaired) electrons. The van der Waals surface area contributed by atoms with Crippen molar-refractivity contribution in [1.29, 1.82) is 5.41 Å². The van der Waals surface area contributed by atoms with Crippen molar-refractivity contribution in [3.63, 3.8) is 0 Å². The zero-order valence-electron chi connectivity index (χ0n) is 7.51. The summed E-state index contributed by atoms with van der Waals surface area (Å²) in [6.07, 6.45) is 9.68. The van der Waals surface area contributed by atoms with E-state index in [-0.39, 0.29) is 0 Å². The van der Waals surface area contributed by atoms with Gasteiger partial charge in [0.2, 0.25) is 0 Å².